The van der Waals surface area contributed by atoms with Crippen LogP contribution in [0.2, 0.25) is 0 Å². The molecule has 0 spiro atoms. The van der Waals surface area contributed by atoms with E-state index in [0.29, 0.717) is 25.7 Å². The van der Waals surface area contributed by atoms with Crippen LogP contribution in [0.5, 0.6) is 0 Å². The van der Waals surface area contributed by atoms with Gasteiger partial charge < -0.3 is 24.9 Å². The Balaban J connectivity index is 0.00000256. The van der Waals surface area contributed by atoms with Crippen molar-refractivity contribution in [1.29, 1.82) is 0 Å². The van der Waals surface area contributed by atoms with Gasteiger partial charge in [0.25, 0.3) is 0 Å². The van der Waals surface area contributed by atoms with E-state index in [-0.39, 0.29) is 36.0 Å². The molecule has 0 aliphatic carbocycles. The number of fused-ring (bicyclic) bond motifs is 1. The standard InChI is InChI=1S/C21H26N4O3S.HI/c1-22-20(24-13-21(8-10-26)9-11-27-14-21)23-12-15-6-7-17(28-15)19-25-16-4-2-3-5-18(16)29-19;/h2-7,26H,8-14H2,1H3,(H2,22,23,24);1H. The maximum atomic E-state index is 9.36. The molecule has 0 amide bonds. The van der Waals surface area contributed by atoms with Crippen molar-refractivity contribution in [1.82, 2.24) is 15.6 Å². The number of aliphatic imine (C=N–C) groups is 1. The normalized spacial score (nSPS) is 19.1. The molecule has 7 nitrogen and oxygen atoms in total. The minimum atomic E-state index is -0.0307. The van der Waals surface area contributed by atoms with Gasteiger partial charge in [0.15, 0.2) is 16.7 Å². The van der Waals surface area contributed by atoms with E-state index in [1.807, 2.05) is 30.3 Å². The van der Waals surface area contributed by atoms with E-state index in [2.05, 4.69) is 26.7 Å². The SMILES string of the molecule is CN=C(NCc1ccc(-c2nc3ccccc3s2)o1)NCC1(CCO)CCOC1.I. The molecule has 3 aromatic rings. The molecule has 1 atom stereocenters. The first kappa shape index (κ1) is 23.0. The lowest BCUT2D eigenvalue weighted by Gasteiger charge is -2.27. The average Bonchev–Trinajstić information content (AvgIpc) is 3.48. The molecule has 1 unspecified atom stereocenters. The van der Waals surface area contributed by atoms with E-state index in [9.17, 15) is 5.11 Å². The summed E-state index contributed by atoms with van der Waals surface area (Å²) in [4.78, 5) is 8.93. The number of nitrogens with zero attached hydrogens (tertiary/aromatic N) is 2. The highest BCUT2D eigenvalue weighted by Crippen LogP contribution is 2.32. The molecule has 1 saturated heterocycles. The lowest BCUT2D eigenvalue weighted by atomic mass is 9.84. The zero-order valence-corrected chi connectivity index (χ0v) is 20.0. The number of benzene rings is 1. The number of hydrogen-bond donors (Lipinski definition) is 3. The third kappa shape index (κ3) is 5.32. The Labute approximate surface area is 197 Å². The van der Waals surface area contributed by atoms with Crippen LogP contribution in [0.4, 0.5) is 0 Å². The van der Waals surface area contributed by atoms with Crippen LogP contribution < -0.4 is 10.6 Å². The van der Waals surface area contributed by atoms with E-state index in [1.165, 1.54) is 0 Å². The van der Waals surface area contributed by atoms with Crippen LogP contribution in [0.3, 0.4) is 0 Å². The van der Waals surface area contributed by atoms with E-state index < -0.39 is 0 Å². The van der Waals surface area contributed by atoms with Gasteiger partial charge in [-0.1, -0.05) is 12.1 Å². The lowest BCUT2D eigenvalue weighted by molar-refractivity contribution is 0.127. The number of furan rings is 1. The van der Waals surface area contributed by atoms with Crippen molar-refractivity contribution < 1.29 is 14.3 Å². The highest BCUT2D eigenvalue weighted by molar-refractivity contribution is 14.0. The Hall–Kier alpha value is -1.69. The monoisotopic (exact) mass is 542 g/mol. The Morgan fingerprint density at radius 1 is 1.27 bits per heavy atom. The van der Waals surface area contributed by atoms with Crippen molar-refractivity contribution in [3.05, 3.63) is 42.2 Å². The van der Waals surface area contributed by atoms with Gasteiger partial charge in [-0.25, -0.2) is 4.98 Å². The maximum Gasteiger partial charge on any atom is 0.191 e. The van der Waals surface area contributed by atoms with E-state index in [0.717, 1.165) is 46.2 Å². The molecule has 30 heavy (non-hydrogen) atoms. The summed E-state index contributed by atoms with van der Waals surface area (Å²) in [6, 6.07) is 12.0. The Kier molecular flexibility index (Phi) is 8.09. The summed E-state index contributed by atoms with van der Waals surface area (Å²) < 4.78 is 12.7. The number of thiazole rings is 1. The van der Waals surface area contributed by atoms with Gasteiger partial charge in [0.1, 0.15) is 5.76 Å². The topological polar surface area (TPSA) is 91.9 Å². The quantitative estimate of drug-likeness (QED) is 0.240. The smallest absolute Gasteiger partial charge is 0.191 e. The van der Waals surface area contributed by atoms with Crippen LogP contribution in [0.25, 0.3) is 21.0 Å². The number of aromatic nitrogens is 1. The van der Waals surface area contributed by atoms with E-state index in [4.69, 9.17) is 9.15 Å². The minimum absolute atomic E-state index is 0. The number of aliphatic hydroxyl groups excluding tert-OH is 1. The van der Waals surface area contributed by atoms with Gasteiger partial charge in [0.05, 0.1) is 23.4 Å². The van der Waals surface area contributed by atoms with Gasteiger partial charge >= 0.3 is 0 Å². The molecule has 2 aromatic heterocycles. The second kappa shape index (κ2) is 10.6. The second-order valence-corrected chi connectivity index (χ2v) is 8.34. The molecule has 9 heteroatoms. The van der Waals surface area contributed by atoms with Crippen molar-refractivity contribution in [2.24, 2.45) is 10.4 Å². The molecular formula is C21H27IN4O3S. The molecule has 162 valence electrons. The Bertz CT molecular complexity index is 948. The van der Waals surface area contributed by atoms with Gasteiger partial charge in [0.2, 0.25) is 0 Å². The number of nitrogens with one attached hydrogen (secondary N) is 2. The molecule has 0 radical (unpaired) electrons. The largest absolute Gasteiger partial charge is 0.457 e. The fourth-order valence-electron chi connectivity index (χ4n) is 3.54. The van der Waals surface area contributed by atoms with Gasteiger partial charge in [-0.15, -0.1) is 35.3 Å². The van der Waals surface area contributed by atoms with Crippen molar-refractivity contribution in [3.63, 3.8) is 0 Å². The van der Waals surface area contributed by atoms with Crippen molar-refractivity contribution in [3.8, 4) is 10.8 Å². The number of ether oxygens (including phenoxy) is 1. The summed E-state index contributed by atoms with van der Waals surface area (Å²) in [6.07, 6.45) is 1.67. The van der Waals surface area contributed by atoms with E-state index in [1.54, 1.807) is 18.4 Å². The first-order chi connectivity index (χ1) is 14.2. The molecule has 3 heterocycles. The Morgan fingerprint density at radius 3 is 2.87 bits per heavy atom. The van der Waals surface area contributed by atoms with Crippen LogP contribution in [-0.4, -0.2) is 49.5 Å². The van der Waals surface area contributed by atoms with Gasteiger partial charge in [-0.05, 0) is 37.1 Å². The first-order valence-electron chi connectivity index (χ1n) is 9.79. The highest BCUT2D eigenvalue weighted by atomic mass is 127. The van der Waals surface area contributed by atoms with Gasteiger partial charge in [0, 0.05) is 32.2 Å². The number of hydrogen-bond acceptors (Lipinski definition) is 6. The highest BCUT2D eigenvalue weighted by Gasteiger charge is 2.34. The van der Waals surface area contributed by atoms with Crippen molar-refractivity contribution in [2.75, 3.05) is 33.4 Å². The summed E-state index contributed by atoms with van der Waals surface area (Å²) in [5.74, 6) is 2.29. The summed E-state index contributed by atoms with van der Waals surface area (Å²) in [5, 5.41) is 16.9. The maximum absolute atomic E-state index is 9.36. The molecule has 4 rings (SSSR count). The average molecular weight is 542 g/mol. The number of aliphatic hydroxyl groups is 1. The molecule has 1 aliphatic rings. The summed E-state index contributed by atoms with van der Waals surface area (Å²) >= 11 is 1.63. The van der Waals surface area contributed by atoms with Gasteiger partial charge in [-0.2, -0.15) is 0 Å². The molecular weight excluding hydrogens is 515 g/mol. The minimum Gasteiger partial charge on any atom is -0.457 e. The summed E-state index contributed by atoms with van der Waals surface area (Å²) in [6.45, 7) is 2.81. The van der Waals surface area contributed by atoms with Crippen molar-refractivity contribution in [2.45, 2.75) is 19.4 Å². The van der Waals surface area contributed by atoms with Crippen LogP contribution >= 0.6 is 35.3 Å². The fourth-order valence-corrected chi connectivity index (χ4v) is 4.47. The predicted octanol–water partition coefficient (Wildman–Crippen LogP) is 3.63. The van der Waals surface area contributed by atoms with E-state index >= 15 is 0 Å². The first-order valence-corrected chi connectivity index (χ1v) is 10.6. The number of halogens is 1. The lowest BCUT2D eigenvalue weighted by Crippen LogP contribution is -2.44. The molecule has 3 N–H and O–H groups in total. The number of guanidine groups is 1. The molecule has 1 aromatic carbocycles. The zero-order valence-electron chi connectivity index (χ0n) is 16.9. The van der Waals surface area contributed by atoms with Crippen LogP contribution in [0.1, 0.15) is 18.6 Å². The molecule has 1 fully saturated rings. The predicted molar refractivity (Wildman–Crippen MR) is 131 cm³/mol. The zero-order chi connectivity index (χ0) is 20.1. The molecule has 0 saturated carbocycles. The summed E-state index contributed by atoms with van der Waals surface area (Å²) in [5.41, 5.74) is 0.956. The van der Waals surface area contributed by atoms with Gasteiger partial charge in [-0.3, -0.25) is 4.99 Å². The number of para-hydroxylation sites is 1. The number of rotatable bonds is 7. The van der Waals surface area contributed by atoms with Crippen LogP contribution in [-0.2, 0) is 11.3 Å². The molecule has 0 bridgehead atoms. The second-order valence-electron chi connectivity index (χ2n) is 7.31. The third-order valence-electron chi connectivity index (χ3n) is 5.28. The third-order valence-corrected chi connectivity index (χ3v) is 6.33. The Morgan fingerprint density at radius 2 is 2.13 bits per heavy atom. The van der Waals surface area contributed by atoms with Crippen LogP contribution in [0, 0.1) is 5.41 Å². The fraction of sp³-hybridized carbons (Fsp3) is 0.429. The van der Waals surface area contributed by atoms with Crippen LogP contribution in [0.15, 0.2) is 45.8 Å². The molecule has 1 aliphatic heterocycles. The van der Waals surface area contributed by atoms with Crippen molar-refractivity contribution >= 4 is 51.5 Å². The summed E-state index contributed by atoms with van der Waals surface area (Å²) in [7, 11) is 1.74.